The summed E-state index contributed by atoms with van der Waals surface area (Å²) in [6.45, 7) is 8.62. The SMILES string of the molecule is Cc1cc2nc(-c3ccc(-c4ccc(-c5nc6ccccc6nc5-c5ccc(-c6ccc(-c7nc8cc(C)c(C)cc8n7-c7ccccc7)cc6)cc5)cc4)cc3)n(-c3ccccc3)c2cc1C. The number of hydrogen-bond donors (Lipinski definition) is 0. The normalized spacial score (nSPS) is 11.5. The number of rotatable bonds is 8. The molecule has 0 radical (unpaired) electrons. The molecular weight excluding hydrogens is 829 g/mol. The summed E-state index contributed by atoms with van der Waals surface area (Å²) < 4.78 is 4.54. The Morgan fingerprint density at radius 1 is 0.265 bits per heavy atom. The zero-order valence-electron chi connectivity index (χ0n) is 38.3. The number of benzene rings is 9. The van der Waals surface area contributed by atoms with E-state index >= 15 is 0 Å². The van der Waals surface area contributed by atoms with E-state index in [1.54, 1.807) is 0 Å². The number of hydrogen-bond acceptors (Lipinski definition) is 4. The van der Waals surface area contributed by atoms with Gasteiger partial charge in [-0.05, 0) is 133 Å². The average molecular weight is 875 g/mol. The van der Waals surface area contributed by atoms with Gasteiger partial charge in [-0.1, -0.05) is 146 Å². The minimum Gasteiger partial charge on any atom is -0.292 e. The van der Waals surface area contributed by atoms with Gasteiger partial charge in [0.2, 0.25) is 0 Å². The lowest BCUT2D eigenvalue weighted by atomic mass is 9.97. The van der Waals surface area contributed by atoms with Gasteiger partial charge >= 0.3 is 0 Å². The second kappa shape index (κ2) is 16.6. The molecule has 0 saturated heterocycles. The van der Waals surface area contributed by atoms with Crippen LogP contribution in [0, 0.1) is 27.7 Å². The highest BCUT2D eigenvalue weighted by molar-refractivity contribution is 5.89. The Kier molecular flexibility index (Phi) is 9.95. The summed E-state index contributed by atoms with van der Waals surface area (Å²) in [5.74, 6) is 1.85. The standard InChI is InChI=1S/C62H46N6/c1-39-35-55-57(37-41(39)3)67(51-13-7-5-8-14-51)61(65-55)49-31-23-45(24-32-49)43-19-27-47(28-20-43)59-60(64-54-18-12-11-17-53(54)63-59)48-29-21-44(22-30-48)46-25-33-50(34-26-46)62-66-56-36-40(2)42(4)38-58(56)68(62)52-15-9-6-10-16-52/h5-38H,1-4H3. The van der Waals surface area contributed by atoms with Crippen molar-refractivity contribution < 1.29 is 0 Å². The van der Waals surface area contributed by atoms with Crippen LogP contribution in [0.1, 0.15) is 22.3 Å². The van der Waals surface area contributed by atoms with E-state index in [0.29, 0.717) is 0 Å². The van der Waals surface area contributed by atoms with E-state index in [0.717, 1.165) is 112 Å². The second-order valence-electron chi connectivity index (χ2n) is 17.8. The molecule has 68 heavy (non-hydrogen) atoms. The average Bonchev–Trinajstić information content (AvgIpc) is 3.94. The summed E-state index contributed by atoms with van der Waals surface area (Å²) in [6, 6.07) is 72.8. The maximum atomic E-state index is 5.22. The van der Waals surface area contributed by atoms with Gasteiger partial charge in [0, 0.05) is 33.6 Å². The molecule has 9 aromatic carbocycles. The first kappa shape index (κ1) is 40.7. The second-order valence-corrected chi connectivity index (χ2v) is 17.8. The Morgan fingerprint density at radius 3 is 0.912 bits per heavy atom. The molecule has 0 N–H and O–H groups in total. The summed E-state index contributed by atoms with van der Waals surface area (Å²) in [5, 5.41) is 0. The van der Waals surface area contributed by atoms with Crippen molar-refractivity contribution in [2.24, 2.45) is 0 Å². The molecule has 3 heterocycles. The van der Waals surface area contributed by atoms with E-state index in [4.69, 9.17) is 19.9 Å². The smallest absolute Gasteiger partial charge is 0.145 e. The van der Waals surface area contributed by atoms with Gasteiger partial charge in [-0.3, -0.25) is 9.13 Å². The van der Waals surface area contributed by atoms with Crippen LogP contribution in [0.25, 0.3) is 112 Å². The van der Waals surface area contributed by atoms with Crippen LogP contribution in [0.2, 0.25) is 0 Å². The summed E-state index contributed by atoms with van der Waals surface area (Å²) >= 11 is 0. The highest BCUT2D eigenvalue weighted by Crippen LogP contribution is 2.37. The minimum absolute atomic E-state index is 0.847. The molecule has 12 aromatic rings. The topological polar surface area (TPSA) is 61.4 Å². The van der Waals surface area contributed by atoms with Crippen molar-refractivity contribution >= 4 is 33.1 Å². The van der Waals surface area contributed by atoms with E-state index in [-0.39, 0.29) is 0 Å². The number of aryl methyl sites for hydroxylation is 4. The minimum atomic E-state index is 0.847. The summed E-state index contributed by atoms with van der Waals surface area (Å²) in [4.78, 5) is 20.8. The van der Waals surface area contributed by atoms with Gasteiger partial charge in [0.15, 0.2) is 0 Å². The Labute approximate surface area is 395 Å². The molecule has 6 heteroatoms. The molecule has 0 amide bonds. The highest BCUT2D eigenvalue weighted by Gasteiger charge is 2.19. The molecule has 0 aliphatic rings. The third-order valence-corrected chi connectivity index (χ3v) is 13.4. The van der Waals surface area contributed by atoms with Crippen molar-refractivity contribution in [3.05, 3.63) is 229 Å². The van der Waals surface area contributed by atoms with Crippen LogP contribution in [0.15, 0.2) is 206 Å². The highest BCUT2D eigenvalue weighted by atomic mass is 15.1. The van der Waals surface area contributed by atoms with Crippen LogP contribution >= 0.6 is 0 Å². The Balaban J connectivity index is 0.843. The zero-order valence-corrected chi connectivity index (χ0v) is 38.3. The van der Waals surface area contributed by atoms with E-state index in [1.807, 2.05) is 24.3 Å². The Hall–Kier alpha value is -8.74. The molecule has 3 aromatic heterocycles. The van der Waals surface area contributed by atoms with E-state index in [9.17, 15) is 0 Å². The summed E-state index contributed by atoms with van der Waals surface area (Å²) in [6.07, 6.45) is 0. The Morgan fingerprint density at radius 2 is 0.559 bits per heavy atom. The van der Waals surface area contributed by atoms with Gasteiger partial charge in [-0.25, -0.2) is 19.9 Å². The van der Waals surface area contributed by atoms with E-state index < -0.39 is 0 Å². The monoisotopic (exact) mass is 874 g/mol. The molecule has 0 spiro atoms. The van der Waals surface area contributed by atoms with Crippen LogP contribution in [-0.4, -0.2) is 29.1 Å². The third kappa shape index (κ3) is 7.24. The van der Waals surface area contributed by atoms with Crippen LogP contribution in [0.4, 0.5) is 0 Å². The molecule has 0 aliphatic carbocycles. The third-order valence-electron chi connectivity index (χ3n) is 13.4. The lowest BCUT2D eigenvalue weighted by Crippen LogP contribution is -1.97. The van der Waals surface area contributed by atoms with Gasteiger partial charge < -0.3 is 0 Å². The molecule has 0 saturated carbocycles. The predicted octanol–water partition coefficient (Wildman–Crippen LogP) is 15.5. The number of fused-ring (bicyclic) bond motifs is 3. The number of imidazole rings is 2. The fourth-order valence-corrected chi connectivity index (χ4v) is 9.40. The number of para-hydroxylation sites is 4. The van der Waals surface area contributed by atoms with Crippen molar-refractivity contribution in [2.75, 3.05) is 0 Å². The molecule has 6 nitrogen and oxygen atoms in total. The molecule has 0 aliphatic heterocycles. The van der Waals surface area contributed by atoms with Crippen molar-refractivity contribution in [1.29, 1.82) is 0 Å². The first-order valence-electron chi connectivity index (χ1n) is 23.1. The first-order chi connectivity index (χ1) is 33.3. The maximum absolute atomic E-state index is 5.22. The van der Waals surface area contributed by atoms with Gasteiger partial charge in [0.1, 0.15) is 11.6 Å². The zero-order chi connectivity index (χ0) is 45.9. The fraction of sp³-hybridized carbons (Fsp3) is 0.0645. The predicted molar refractivity (Wildman–Crippen MR) is 280 cm³/mol. The molecular formula is C62H46N6. The van der Waals surface area contributed by atoms with E-state index in [1.165, 1.54) is 22.3 Å². The van der Waals surface area contributed by atoms with Crippen LogP contribution in [0.3, 0.4) is 0 Å². The lowest BCUT2D eigenvalue weighted by molar-refractivity contribution is 1.10. The lowest BCUT2D eigenvalue weighted by Gasteiger charge is -2.13. The Bertz CT molecular complexity index is 3580. The van der Waals surface area contributed by atoms with Gasteiger partial charge in [0.05, 0.1) is 44.5 Å². The fourth-order valence-electron chi connectivity index (χ4n) is 9.40. The summed E-state index contributed by atoms with van der Waals surface area (Å²) in [7, 11) is 0. The summed E-state index contributed by atoms with van der Waals surface area (Å²) in [5.41, 5.74) is 23.4. The molecule has 0 unspecified atom stereocenters. The molecule has 12 rings (SSSR count). The van der Waals surface area contributed by atoms with Crippen LogP contribution in [-0.2, 0) is 0 Å². The first-order valence-corrected chi connectivity index (χ1v) is 23.1. The quantitative estimate of drug-likeness (QED) is 0.153. The molecule has 0 bridgehead atoms. The van der Waals surface area contributed by atoms with Crippen LogP contribution < -0.4 is 0 Å². The number of aromatic nitrogens is 6. The van der Waals surface area contributed by atoms with Crippen molar-refractivity contribution in [3.8, 4) is 78.9 Å². The van der Waals surface area contributed by atoms with Crippen molar-refractivity contribution in [1.82, 2.24) is 29.1 Å². The van der Waals surface area contributed by atoms with Crippen LogP contribution in [0.5, 0.6) is 0 Å². The van der Waals surface area contributed by atoms with Gasteiger partial charge in [0.25, 0.3) is 0 Å². The maximum Gasteiger partial charge on any atom is 0.145 e. The van der Waals surface area contributed by atoms with Crippen molar-refractivity contribution in [3.63, 3.8) is 0 Å². The van der Waals surface area contributed by atoms with Crippen molar-refractivity contribution in [2.45, 2.75) is 27.7 Å². The largest absolute Gasteiger partial charge is 0.292 e. The van der Waals surface area contributed by atoms with Gasteiger partial charge in [-0.15, -0.1) is 0 Å². The van der Waals surface area contributed by atoms with Gasteiger partial charge in [-0.2, -0.15) is 0 Å². The molecule has 0 atom stereocenters. The molecule has 324 valence electrons. The molecule has 0 fully saturated rings. The van der Waals surface area contributed by atoms with E-state index in [2.05, 4.69) is 219 Å². The number of nitrogens with zero attached hydrogens (tertiary/aromatic N) is 6.